The van der Waals surface area contributed by atoms with Gasteiger partial charge in [0.2, 0.25) is 0 Å². The molecule has 1 saturated heterocycles. The maximum atomic E-state index is 12.0. The zero-order valence-electron chi connectivity index (χ0n) is 13.6. The molecule has 122 valence electrons. The zero-order valence-corrected chi connectivity index (χ0v) is 13.6. The quantitative estimate of drug-likeness (QED) is 0.714. The van der Waals surface area contributed by atoms with Crippen LogP contribution in [0.3, 0.4) is 0 Å². The van der Waals surface area contributed by atoms with Gasteiger partial charge in [0.05, 0.1) is 6.10 Å². The predicted octanol–water partition coefficient (Wildman–Crippen LogP) is 1.72. The number of rotatable bonds is 8. The topological polar surface area (TPSA) is 61.8 Å². The molecule has 2 fully saturated rings. The molecule has 5 heteroatoms. The summed E-state index contributed by atoms with van der Waals surface area (Å²) in [7, 11) is 0. The van der Waals surface area contributed by atoms with Gasteiger partial charge in [-0.25, -0.2) is 0 Å². The van der Waals surface area contributed by atoms with Gasteiger partial charge in [-0.2, -0.15) is 0 Å². The molecule has 21 heavy (non-hydrogen) atoms. The number of aliphatic carboxylic acids is 1. The molecule has 0 aromatic heterocycles. The van der Waals surface area contributed by atoms with E-state index in [-0.39, 0.29) is 12.0 Å². The molecule has 1 aliphatic heterocycles. The van der Waals surface area contributed by atoms with Crippen LogP contribution in [-0.4, -0.2) is 59.9 Å². The molecule has 1 atom stereocenters. The van der Waals surface area contributed by atoms with Gasteiger partial charge in [0.1, 0.15) is 5.54 Å². The van der Waals surface area contributed by atoms with Crippen molar-refractivity contribution in [3.63, 3.8) is 0 Å². The number of hydrogen-bond acceptors (Lipinski definition) is 4. The molecule has 2 rings (SSSR count). The van der Waals surface area contributed by atoms with Crippen LogP contribution in [0.2, 0.25) is 0 Å². The zero-order chi connectivity index (χ0) is 15.5. The van der Waals surface area contributed by atoms with E-state index < -0.39 is 11.5 Å². The van der Waals surface area contributed by atoms with Crippen LogP contribution in [0, 0.1) is 5.92 Å². The standard InChI is InChI=1S/C16H30N2O3/c1-4-21-14-7-9-18(10-8-14)11-16(15(19)20,13-5-6-13)17-12(2)3/h12-14,17H,4-11H2,1-3H3,(H,19,20). The molecule has 2 aliphatic rings. The van der Waals surface area contributed by atoms with E-state index in [1.807, 2.05) is 20.8 Å². The van der Waals surface area contributed by atoms with Crippen LogP contribution in [0.15, 0.2) is 0 Å². The van der Waals surface area contributed by atoms with Crippen molar-refractivity contribution >= 4 is 5.97 Å². The SMILES string of the molecule is CCOC1CCN(CC(NC(C)C)(C(=O)O)C2CC2)CC1. The summed E-state index contributed by atoms with van der Waals surface area (Å²) in [5, 5.41) is 13.2. The van der Waals surface area contributed by atoms with Crippen molar-refractivity contribution < 1.29 is 14.6 Å². The number of nitrogens with one attached hydrogen (secondary N) is 1. The largest absolute Gasteiger partial charge is 0.480 e. The van der Waals surface area contributed by atoms with Gasteiger partial charge in [-0.05, 0) is 52.4 Å². The lowest BCUT2D eigenvalue weighted by Gasteiger charge is -2.40. The summed E-state index contributed by atoms with van der Waals surface area (Å²) in [4.78, 5) is 14.3. The predicted molar refractivity (Wildman–Crippen MR) is 82.5 cm³/mol. The van der Waals surface area contributed by atoms with Gasteiger partial charge in [0.15, 0.2) is 0 Å². The Balaban J connectivity index is 1.97. The first-order valence-electron chi connectivity index (χ1n) is 8.33. The Morgan fingerprint density at radius 1 is 1.33 bits per heavy atom. The van der Waals surface area contributed by atoms with Gasteiger partial charge < -0.3 is 14.7 Å². The molecule has 0 aromatic carbocycles. The number of carbonyl (C=O) groups is 1. The smallest absolute Gasteiger partial charge is 0.325 e. The number of carboxylic acid groups (broad SMARTS) is 1. The number of hydrogen-bond donors (Lipinski definition) is 2. The van der Waals surface area contributed by atoms with Crippen molar-refractivity contribution in [2.24, 2.45) is 5.92 Å². The molecule has 0 amide bonds. The molecule has 0 radical (unpaired) electrons. The van der Waals surface area contributed by atoms with Crippen molar-refractivity contribution in [1.29, 1.82) is 0 Å². The number of carboxylic acids is 1. The molecule has 0 aromatic rings. The molecule has 5 nitrogen and oxygen atoms in total. The molecule has 1 aliphatic carbocycles. The maximum Gasteiger partial charge on any atom is 0.325 e. The van der Waals surface area contributed by atoms with E-state index in [1.165, 1.54) is 0 Å². The minimum absolute atomic E-state index is 0.183. The van der Waals surface area contributed by atoms with Crippen LogP contribution in [0.5, 0.6) is 0 Å². The minimum atomic E-state index is -0.771. The van der Waals surface area contributed by atoms with E-state index in [1.54, 1.807) is 0 Å². The van der Waals surface area contributed by atoms with E-state index in [0.29, 0.717) is 12.6 Å². The Labute approximate surface area is 128 Å². The van der Waals surface area contributed by atoms with Crippen molar-refractivity contribution in [3.8, 4) is 0 Å². The van der Waals surface area contributed by atoms with E-state index in [9.17, 15) is 9.90 Å². The highest BCUT2D eigenvalue weighted by Crippen LogP contribution is 2.41. The number of likely N-dealkylation sites (tertiary alicyclic amines) is 1. The molecule has 1 heterocycles. The first-order valence-corrected chi connectivity index (χ1v) is 8.33. The van der Waals surface area contributed by atoms with Gasteiger partial charge >= 0.3 is 5.97 Å². The summed E-state index contributed by atoms with van der Waals surface area (Å²) in [6.45, 7) is 9.34. The fourth-order valence-electron chi connectivity index (χ4n) is 3.51. The van der Waals surface area contributed by atoms with Crippen LogP contribution >= 0.6 is 0 Å². The maximum absolute atomic E-state index is 12.0. The third-order valence-electron chi connectivity index (χ3n) is 4.61. The summed E-state index contributed by atoms with van der Waals surface area (Å²) in [6, 6.07) is 0.183. The van der Waals surface area contributed by atoms with E-state index in [4.69, 9.17) is 4.74 Å². The van der Waals surface area contributed by atoms with Crippen LogP contribution in [0.1, 0.15) is 46.5 Å². The lowest BCUT2D eigenvalue weighted by atomic mass is 9.90. The van der Waals surface area contributed by atoms with Crippen LogP contribution in [-0.2, 0) is 9.53 Å². The highest BCUT2D eigenvalue weighted by molar-refractivity contribution is 5.80. The lowest BCUT2D eigenvalue weighted by Crippen LogP contribution is -2.63. The molecule has 0 spiro atoms. The Hall–Kier alpha value is -0.650. The van der Waals surface area contributed by atoms with Crippen LogP contribution in [0.25, 0.3) is 0 Å². The highest BCUT2D eigenvalue weighted by Gasteiger charge is 2.52. The Kier molecular flexibility index (Phi) is 5.63. The fourth-order valence-corrected chi connectivity index (χ4v) is 3.51. The summed E-state index contributed by atoms with van der Waals surface area (Å²) in [5.41, 5.74) is -0.771. The third kappa shape index (κ3) is 4.18. The molecular weight excluding hydrogens is 268 g/mol. The molecule has 0 bridgehead atoms. The minimum Gasteiger partial charge on any atom is -0.480 e. The normalized spacial score (nSPS) is 24.2. The monoisotopic (exact) mass is 298 g/mol. The van der Waals surface area contributed by atoms with E-state index >= 15 is 0 Å². The first kappa shape index (κ1) is 16.7. The average molecular weight is 298 g/mol. The van der Waals surface area contributed by atoms with Gasteiger partial charge in [-0.1, -0.05) is 0 Å². The third-order valence-corrected chi connectivity index (χ3v) is 4.61. The summed E-state index contributed by atoms with van der Waals surface area (Å²) < 4.78 is 5.67. The van der Waals surface area contributed by atoms with Crippen molar-refractivity contribution in [3.05, 3.63) is 0 Å². The second-order valence-corrected chi connectivity index (χ2v) is 6.78. The summed E-state index contributed by atoms with van der Waals surface area (Å²) in [6.07, 6.45) is 4.43. The van der Waals surface area contributed by atoms with Gasteiger partial charge in [-0.15, -0.1) is 0 Å². The van der Waals surface area contributed by atoms with Crippen molar-refractivity contribution in [2.45, 2.75) is 64.1 Å². The molecular formula is C16H30N2O3. The van der Waals surface area contributed by atoms with E-state index in [0.717, 1.165) is 45.4 Å². The average Bonchev–Trinajstić information content (AvgIpc) is 3.24. The summed E-state index contributed by atoms with van der Waals surface area (Å²) >= 11 is 0. The fraction of sp³-hybridized carbons (Fsp3) is 0.938. The number of ether oxygens (including phenoxy) is 1. The Morgan fingerprint density at radius 3 is 2.38 bits per heavy atom. The van der Waals surface area contributed by atoms with Crippen molar-refractivity contribution in [2.75, 3.05) is 26.2 Å². The molecule has 1 saturated carbocycles. The first-order chi connectivity index (χ1) is 9.98. The lowest BCUT2D eigenvalue weighted by molar-refractivity contribution is -0.147. The molecule has 1 unspecified atom stereocenters. The van der Waals surface area contributed by atoms with Gasteiger partial charge in [-0.3, -0.25) is 10.1 Å². The number of nitrogens with zero attached hydrogens (tertiary/aromatic N) is 1. The second kappa shape index (κ2) is 7.07. The Bertz CT molecular complexity index is 349. The summed E-state index contributed by atoms with van der Waals surface area (Å²) in [5.74, 6) is -0.410. The highest BCUT2D eigenvalue weighted by atomic mass is 16.5. The number of piperidine rings is 1. The van der Waals surface area contributed by atoms with Crippen LogP contribution < -0.4 is 5.32 Å². The van der Waals surface area contributed by atoms with Gasteiger partial charge in [0, 0.05) is 32.3 Å². The van der Waals surface area contributed by atoms with Gasteiger partial charge in [0.25, 0.3) is 0 Å². The Morgan fingerprint density at radius 2 is 1.95 bits per heavy atom. The van der Waals surface area contributed by atoms with Crippen LogP contribution in [0.4, 0.5) is 0 Å². The molecule has 2 N–H and O–H groups in total. The van der Waals surface area contributed by atoms with E-state index in [2.05, 4.69) is 10.2 Å². The van der Waals surface area contributed by atoms with Crippen molar-refractivity contribution in [1.82, 2.24) is 10.2 Å². The second-order valence-electron chi connectivity index (χ2n) is 6.78.